The third-order valence-corrected chi connectivity index (χ3v) is 6.58. The van der Waals surface area contributed by atoms with Gasteiger partial charge >= 0.3 is 0 Å². The standard InChI is InChI=1S/C29H29N/c1-28(2,3)21-15-17-22(18-16-21)30-25-13-9-8-12-24(25)29(4,5)27-23-11-7-6-10-20(23)14-19-26(27)30/h6-19H,1-5H3. The fourth-order valence-electron chi connectivity index (χ4n) is 4.95. The van der Waals surface area contributed by atoms with E-state index in [-0.39, 0.29) is 10.8 Å². The van der Waals surface area contributed by atoms with Crippen LogP contribution in [0.3, 0.4) is 0 Å². The van der Waals surface area contributed by atoms with Crippen LogP contribution in [0.5, 0.6) is 0 Å². The quantitative estimate of drug-likeness (QED) is 0.316. The Balaban J connectivity index is 1.80. The maximum atomic E-state index is 2.44. The predicted molar refractivity (Wildman–Crippen MR) is 129 cm³/mol. The van der Waals surface area contributed by atoms with Crippen LogP contribution in [0.15, 0.2) is 84.9 Å². The van der Waals surface area contributed by atoms with E-state index in [1.165, 1.54) is 44.5 Å². The molecule has 1 nitrogen and oxygen atoms in total. The Morgan fingerprint density at radius 3 is 2.07 bits per heavy atom. The average Bonchev–Trinajstić information content (AvgIpc) is 2.73. The zero-order chi connectivity index (χ0) is 21.1. The first-order valence-electron chi connectivity index (χ1n) is 10.8. The lowest BCUT2D eigenvalue weighted by atomic mass is 9.72. The van der Waals surface area contributed by atoms with Crippen LogP contribution >= 0.6 is 0 Å². The van der Waals surface area contributed by atoms with Crippen LogP contribution in [0, 0.1) is 0 Å². The predicted octanol–water partition coefficient (Wildman–Crippen LogP) is 8.25. The molecule has 0 saturated carbocycles. The van der Waals surface area contributed by atoms with E-state index in [0.717, 1.165) is 0 Å². The number of anilines is 3. The van der Waals surface area contributed by atoms with Crippen LogP contribution in [0.25, 0.3) is 10.8 Å². The van der Waals surface area contributed by atoms with Crippen LogP contribution < -0.4 is 4.90 Å². The number of para-hydroxylation sites is 1. The minimum Gasteiger partial charge on any atom is -0.310 e. The van der Waals surface area contributed by atoms with E-state index in [1.807, 2.05) is 0 Å². The molecule has 4 aromatic rings. The van der Waals surface area contributed by atoms with E-state index in [0.29, 0.717) is 0 Å². The molecule has 0 bridgehead atoms. The molecule has 1 aliphatic rings. The highest BCUT2D eigenvalue weighted by molar-refractivity contribution is 5.98. The molecule has 30 heavy (non-hydrogen) atoms. The van der Waals surface area contributed by atoms with Crippen molar-refractivity contribution in [2.75, 3.05) is 4.90 Å². The van der Waals surface area contributed by atoms with Crippen molar-refractivity contribution in [3.8, 4) is 0 Å². The molecule has 0 amide bonds. The number of hydrogen-bond acceptors (Lipinski definition) is 1. The molecule has 0 N–H and O–H groups in total. The van der Waals surface area contributed by atoms with Gasteiger partial charge in [0.15, 0.2) is 0 Å². The van der Waals surface area contributed by atoms with Crippen LogP contribution in [-0.2, 0) is 10.8 Å². The zero-order valence-electron chi connectivity index (χ0n) is 18.5. The maximum Gasteiger partial charge on any atom is 0.0509 e. The van der Waals surface area contributed by atoms with Gasteiger partial charge in [0.1, 0.15) is 0 Å². The molecule has 0 aliphatic carbocycles. The van der Waals surface area contributed by atoms with E-state index in [9.17, 15) is 0 Å². The van der Waals surface area contributed by atoms with Gasteiger partial charge in [-0.05, 0) is 57.1 Å². The largest absolute Gasteiger partial charge is 0.310 e. The minimum absolute atomic E-state index is 0.0748. The summed E-state index contributed by atoms with van der Waals surface area (Å²) < 4.78 is 0. The second kappa shape index (κ2) is 6.47. The summed E-state index contributed by atoms with van der Waals surface area (Å²) in [6.07, 6.45) is 0. The highest BCUT2D eigenvalue weighted by Gasteiger charge is 2.37. The lowest BCUT2D eigenvalue weighted by Gasteiger charge is -2.42. The Labute approximate surface area is 180 Å². The molecule has 0 spiro atoms. The summed E-state index contributed by atoms with van der Waals surface area (Å²) in [5, 5.41) is 2.64. The number of nitrogens with zero attached hydrogens (tertiary/aromatic N) is 1. The normalized spacial score (nSPS) is 15.0. The summed E-state index contributed by atoms with van der Waals surface area (Å²) in [5.74, 6) is 0. The van der Waals surface area contributed by atoms with Crippen molar-refractivity contribution in [1.82, 2.24) is 0 Å². The first-order chi connectivity index (χ1) is 14.3. The summed E-state index contributed by atoms with van der Waals surface area (Å²) in [6, 6.07) is 31.3. The minimum atomic E-state index is -0.0748. The Morgan fingerprint density at radius 2 is 1.33 bits per heavy atom. The molecular weight excluding hydrogens is 362 g/mol. The summed E-state index contributed by atoms with van der Waals surface area (Å²) in [5.41, 5.74) is 7.96. The molecule has 0 radical (unpaired) electrons. The smallest absolute Gasteiger partial charge is 0.0509 e. The fourth-order valence-corrected chi connectivity index (χ4v) is 4.95. The second-order valence-electron chi connectivity index (χ2n) is 9.96. The van der Waals surface area contributed by atoms with Gasteiger partial charge in [0.05, 0.1) is 11.4 Å². The van der Waals surface area contributed by atoms with Crippen molar-refractivity contribution in [2.45, 2.75) is 45.4 Å². The van der Waals surface area contributed by atoms with Crippen molar-refractivity contribution in [3.05, 3.63) is 102 Å². The lowest BCUT2D eigenvalue weighted by molar-refractivity contribution is 0.590. The Bertz CT molecular complexity index is 1240. The second-order valence-corrected chi connectivity index (χ2v) is 9.96. The van der Waals surface area contributed by atoms with E-state index >= 15 is 0 Å². The van der Waals surface area contributed by atoms with E-state index in [2.05, 4.69) is 124 Å². The molecule has 0 aromatic heterocycles. The first-order valence-corrected chi connectivity index (χ1v) is 10.8. The van der Waals surface area contributed by atoms with Crippen LogP contribution in [0.1, 0.15) is 51.3 Å². The molecule has 0 unspecified atom stereocenters. The summed E-state index contributed by atoms with van der Waals surface area (Å²) in [6.45, 7) is 11.5. The molecule has 0 fully saturated rings. The van der Waals surface area contributed by atoms with Crippen LogP contribution in [0.4, 0.5) is 17.1 Å². The number of hydrogen-bond donors (Lipinski definition) is 0. The van der Waals surface area contributed by atoms with Crippen molar-refractivity contribution < 1.29 is 0 Å². The fraction of sp³-hybridized carbons (Fsp3) is 0.241. The topological polar surface area (TPSA) is 3.24 Å². The van der Waals surface area contributed by atoms with Gasteiger partial charge in [-0.15, -0.1) is 0 Å². The molecule has 1 aliphatic heterocycles. The molecule has 0 atom stereocenters. The maximum absolute atomic E-state index is 2.44. The number of rotatable bonds is 1. The molecule has 1 heteroatoms. The highest BCUT2D eigenvalue weighted by Crippen LogP contribution is 2.53. The molecular formula is C29H29N. The zero-order valence-corrected chi connectivity index (χ0v) is 18.5. The van der Waals surface area contributed by atoms with Gasteiger partial charge in [-0.25, -0.2) is 0 Å². The van der Waals surface area contributed by atoms with E-state index in [1.54, 1.807) is 0 Å². The molecule has 1 heterocycles. The summed E-state index contributed by atoms with van der Waals surface area (Å²) in [7, 11) is 0. The Morgan fingerprint density at radius 1 is 0.667 bits per heavy atom. The van der Waals surface area contributed by atoms with Crippen LogP contribution in [0.2, 0.25) is 0 Å². The van der Waals surface area contributed by atoms with Gasteiger partial charge < -0.3 is 4.90 Å². The van der Waals surface area contributed by atoms with Crippen molar-refractivity contribution in [1.29, 1.82) is 0 Å². The van der Waals surface area contributed by atoms with Gasteiger partial charge in [0, 0.05) is 11.1 Å². The third-order valence-electron chi connectivity index (χ3n) is 6.58. The number of benzene rings is 4. The summed E-state index contributed by atoms with van der Waals surface area (Å²) >= 11 is 0. The molecule has 150 valence electrons. The Hall–Kier alpha value is -3.06. The van der Waals surface area contributed by atoms with Crippen molar-refractivity contribution >= 4 is 27.8 Å². The monoisotopic (exact) mass is 391 g/mol. The van der Waals surface area contributed by atoms with Crippen LogP contribution in [-0.4, -0.2) is 0 Å². The number of fused-ring (bicyclic) bond motifs is 4. The van der Waals surface area contributed by atoms with Gasteiger partial charge in [-0.1, -0.05) is 95.3 Å². The van der Waals surface area contributed by atoms with Crippen molar-refractivity contribution in [3.63, 3.8) is 0 Å². The molecule has 4 aromatic carbocycles. The molecule has 0 saturated heterocycles. The molecule has 5 rings (SSSR count). The van der Waals surface area contributed by atoms with Gasteiger partial charge in [0.25, 0.3) is 0 Å². The Kier molecular flexibility index (Phi) is 4.08. The van der Waals surface area contributed by atoms with Gasteiger partial charge in [-0.3, -0.25) is 0 Å². The van der Waals surface area contributed by atoms with Gasteiger partial charge in [-0.2, -0.15) is 0 Å². The third kappa shape index (κ3) is 2.76. The SMILES string of the molecule is CC(C)(C)c1ccc(N2c3ccccc3C(C)(C)c3c2ccc2ccccc32)cc1. The summed E-state index contributed by atoms with van der Waals surface area (Å²) in [4.78, 5) is 2.44. The van der Waals surface area contributed by atoms with E-state index < -0.39 is 0 Å². The highest BCUT2D eigenvalue weighted by atomic mass is 15.2. The van der Waals surface area contributed by atoms with Gasteiger partial charge in [0.2, 0.25) is 0 Å². The lowest BCUT2D eigenvalue weighted by Crippen LogP contribution is -2.30. The average molecular weight is 392 g/mol. The first kappa shape index (κ1) is 18.9. The van der Waals surface area contributed by atoms with Crippen molar-refractivity contribution in [2.24, 2.45) is 0 Å². The van der Waals surface area contributed by atoms with E-state index in [4.69, 9.17) is 0 Å².